The van der Waals surface area contributed by atoms with E-state index in [4.69, 9.17) is 15.6 Å². The number of carboxylic acids is 1. The zero-order chi connectivity index (χ0) is 17.3. The lowest BCUT2D eigenvalue weighted by Gasteiger charge is -2.18. The molecule has 1 aromatic carbocycles. The summed E-state index contributed by atoms with van der Waals surface area (Å²) in [5, 5.41) is 9.57. The van der Waals surface area contributed by atoms with Gasteiger partial charge in [0.05, 0.1) is 29.5 Å². The molecule has 1 fully saturated rings. The van der Waals surface area contributed by atoms with Crippen molar-refractivity contribution in [2.75, 3.05) is 12.8 Å². The van der Waals surface area contributed by atoms with Gasteiger partial charge >= 0.3 is 11.9 Å². The van der Waals surface area contributed by atoms with E-state index >= 15 is 0 Å². The first kappa shape index (κ1) is 16.4. The van der Waals surface area contributed by atoms with E-state index in [1.807, 2.05) is 24.3 Å². The fourth-order valence-corrected chi connectivity index (χ4v) is 3.64. The van der Waals surface area contributed by atoms with Crippen LogP contribution in [0, 0.1) is 11.8 Å². The van der Waals surface area contributed by atoms with Gasteiger partial charge in [-0.2, -0.15) is 0 Å². The summed E-state index contributed by atoms with van der Waals surface area (Å²) in [5.41, 5.74) is 6.49. The molecule has 24 heavy (non-hydrogen) atoms. The van der Waals surface area contributed by atoms with Crippen LogP contribution in [-0.2, 0) is 19.1 Å². The van der Waals surface area contributed by atoms with E-state index in [1.165, 1.54) is 18.4 Å². The third-order valence-electron chi connectivity index (χ3n) is 3.97. The SMILES string of the molecule is COC(=O)[C@@H]1[C@H](C(=O)O)[C@H]2C=C[C@@H]1O2.Nc1nc2ccccc2s1. The number of nitrogens with two attached hydrogens (primary N) is 1. The van der Waals surface area contributed by atoms with Gasteiger partial charge in [0.2, 0.25) is 0 Å². The Morgan fingerprint density at radius 2 is 1.92 bits per heavy atom. The van der Waals surface area contributed by atoms with Crippen molar-refractivity contribution in [3.8, 4) is 0 Å². The van der Waals surface area contributed by atoms with Crippen LogP contribution in [0.25, 0.3) is 10.2 Å². The molecule has 0 aliphatic carbocycles. The highest BCUT2D eigenvalue weighted by Crippen LogP contribution is 2.39. The average Bonchev–Trinajstić information content (AvgIpc) is 3.26. The Bertz CT molecular complexity index is 770. The lowest BCUT2D eigenvalue weighted by Crippen LogP contribution is -2.36. The quantitative estimate of drug-likeness (QED) is 0.627. The van der Waals surface area contributed by atoms with Crippen molar-refractivity contribution < 1.29 is 24.2 Å². The second kappa shape index (κ2) is 6.58. The number of thiazole rings is 1. The summed E-state index contributed by atoms with van der Waals surface area (Å²) in [4.78, 5) is 26.3. The summed E-state index contributed by atoms with van der Waals surface area (Å²) >= 11 is 1.52. The summed E-state index contributed by atoms with van der Waals surface area (Å²) < 4.78 is 11.0. The van der Waals surface area contributed by atoms with Crippen molar-refractivity contribution in [1.29, 1.82) is 0 Å². The molecule has 0 amide bonds. The number of hydrogen-bond acceptors (Lipinski definition) is 7. The fourth-order valence-electron chi connectivity index (χ4n) is 2.91. The van der Waals surface area contributed by atoms with Gasteiger partial charge in [0, 0.05) is 0 Å². The molecule has 2 aromatic rings. The Balaban J connectivity index is 0.000000149. The highest BCUT2D eigenvalue weighted by atomic mass is 32.1. The molecular weight excluding hydrogens is 332 g/mol. The molecule has 0 saturated carbocycles. The highest BCUT2D eigenvalue weighted by Gasteiger charge is 2.53. The Morgan fingerprint density at radius 3 is 2.54 bits per heavy atom. The minimum Gasteiger partial charge on any atom is -0.481 e. The van der Waals surface area contributed by atoms with E-state index in [0.29, 0.717) is 5.13 Å². The lowest BCUT2D eigenvalue weighted by atomic mass is 9.83. The summed E-state index contributed by atoms with van der Waals surface area (Å²) in [5.74, 6) is -3.04. The van der Waals surface area contributed by atoms with Crippen molar-refractivity contribution in [3.05, 3.63) is 36.4 Å². The third kappa shape index (κ3) is 2.98. The van der Waals surface area contributed by atoms with Crippen LogP contribution in [0.2, 0.25) is 0 Å². The van der Waals surface area contributed by atoms with Gasteiger partial charge in [-0.15, -0.1) is 0 Å². The van der Waals surface area contributed by atoms with Crippen LogP contribution < -0.4 is 5.73 Å². The second-order valence-electron chi connectivity index (χ2n) is 5.38. The predicted octanol–water partition coefficient (Wildman–Crippen LogP) is 1.69. The average molecular weight is 348 g/mol. The lowest BCUT2D eigenvalue weighted by molar-refractivity contribution is -0.154. The minimum atomic E-state index is -1.02. The number of esters is 1. The largest absolute Gasteiger partial charge is 0.481 e. The summed E-state index contributed by atoms with van der Waals surface area (Å²) in [7, 11) is 1.25. The molecule has 4 atom stereocenters. The van der Waals surface area contributed by atoms with Crippen LogP contribution in [0.4, 0.5) is 5.13 Å². The Morgan fingerprint density at radius 1 is 1.25 bits per heavy atom. The highest BCUT2D eigenvalue weighted by molar-refractivity contribution is 7.22. The van der Waals surface area contributed by atoms with E-state index < -0.39 is 36.0 Å². The van der Waals surface area contributed by atoms with Gasteiger partial charge in [-0.3, -0.25) is 9.59 Å². The molecule has 1 aromatic heterocycles. The molecule has 1 saturated heterocycles. The van der Waals surface area contributed by atoms with E-state index in [2.05, 4.69) is 9.72 Å². The monoisotopic (exact) mass is 348 g/mol. The number of benzene rings is 1. The smallest absolute Gasteiger partial charge is 0.312 e. The number of carbonyl (C=O) groups excluding carboxylic acids is 1. The van der Waals surface area contributed by atoms with Gasteiger partial charge in [0.1, 0.15) is 11.8 Å². The zero-order valence-electron chi connectivity index (χ0n) is 12.8. The van der Waals surface area contributed by atoms with Gasteiger partial charge in [0.25, 0.3) is 0 Å². The number of para-hydroxylation sites is 1. The summed E-state index contributed by atoms with van der Waals surface area (Å²) in [6.45, 7) is 0. The molecule has 3 heterocycles. The number of carbonyl (C=O) groups is 2. The number of hydrogen-bond donors (Lipinski definition) is 2. The number of carboxylic acid groups (broad SMARTS) is 1. The van der Waals surface area contributed by atoms with Gasteiger partial charge in [-0.05, 0) is 12.1 Å². The van der Waals surface area contributed by atoms with Crippen LogP contribution in [0.15, 0.2) is 36.4 Å². The van der Waals surface area contributed by atoms with Crippen LogP contribution in [-0.4, -0.2) is 41.3 Å². The first-order chi connectivity index (χ1) is 11.5. The molecule has 2 bridgehead atoms. The maximum atomic E-state index is 11.3. The Labute approximate surface area is 141 Å². The molecule has 0 unspecified atom stereocenters. The standard InChI is InChI=1S/C9H10O5.C7H6N2S/c1-13-9(12)7-5-3-2-4(14-5)6(7)8(10)11;8-7-9-5-3-1-2-4-6(5)10-7/h2-7H,1H3,(H,10,11);1-4H,(H2,8,9)/t4-,5+,6-,7+;/m1./s1. The van der Waals surface area contributed by atoms with E-state index in [-0.39, 0.29) is 0 Å². The van der Waals surface area contributed by atoms with E-state index in [1.54, 1.807) is 12.2 Å². The molecular formula is C16H16N2O5S. The van der Waals surface area contributed by atoms with Crippen molar-refractivity contribution in [2.24, 2.45) is 11.8 Å². The molecule has 2 aliphatic rings. The molecule has 0 radical (unpaired) electrons. The van der Waals surface area contributed by atoms with Gasteiger partial charge in [-0.1, -0.05) is 35.6 Å². The van der Waals surface area contributed by atoms with Crippen LogP contribution >= 0.6 is 11.3 Å². The second-order valence-corrected chi connectivity index (χ2v) is 6.45. The van der Waals surface area contributed by atoms with Crippen molar-refractivity contribution in [1.82, 2.24) is 4.98 Å². The maximum absolute atomic E-state index is 11.3. The minimum absolute atomic E-state index is 0.437. The molecule has 0 spiro atoms. The Hall–Kier alpha value is -2.45. The first-order valence-corrected chi connectivity index (χ1v) is 8.08. The molecule has 7 nitrogen and oxygen atoms in total. The first-order valence-electron chi connectivity index (χ1n) is 7.26. The van der Waals surface area contributed by atoms with Crippen molar-refractivity contribution >= 4 is 38.6 Å². The number of ether oxygens (including phenoxy) is 2. The Kier molecular flexibility index (Phi) is 4.50. The number of methoxy groups -OCH3 is 1. The van der Waals surface area contributed by atoms with Gasteiger partial charge in [-0.25, -0.2) is 4.98 Å². The van der Waals surface area contributed by atoms with Gasteiger partial charge in [0.15, 0.2) is 5.13 Å². The van der Waals surface area contributed by atoms with Gasteiger partial charge < -0.3 is 20.3 Å². The van der Waals surface area contributed by atoms with Crippen LogP contribution in [0.1, 0.15) is 0 Å². The van der Waals surface area contributed by atoms with Crippen LogP contribution in [0.5, 0.6) is 0 Å². The number of aromatic nitrogens is 1. The molecule has 2 aliphatic heterocycles. The predicted molar refractivity (Wildman–Crippen MR) is 88.5 cm³/mol. The number of anilines is 1. The molecule has 3 N–H and O–H groups in total. The molecule has 126 valence electrons. The fraction of sp³-hybridized carbons (Fsp3) is 0.312. The zero-order valence-corrected chi connectivity index (χ0v) is 13.6. The summed E-state index contributed by atoms with van der Waals surface area (Å²) in [6, 6.07) is 7.92. The van der Waals surface area contributed by atoms with Crippen molar-refractivity contribution in [2.45, 2.75) is 12.2 Å². The number of aliphatic carboxylic acids is 1. The maximum Gasteiger partial charge on any atom is 0.312 e. The van der Waals surface area contributed by atoms with Crippen molar-refractivity contribution in [3.63, 3.8) is 0 Å². The van der Waals surface area contributed by atoms with E-state index in [9.17, 15) is 9.59 Å². The van der Waals surface area contributed by atoms with E-state index in [0.717, 1.165) is 10.2 Å². The number of fused-ring (bicyclic) bond motifs is 3. The topological polar surface area (TPSA) is 112 Å². The molecule has 8 heteroatoms. The summed E-state index contributed by atoms with van der Waals surface area (Å²) in [6.07, 6.45) is 2.48. The normalized spacial score (nSPS) is 26.9. The number of rotatable bonds is 2. The molecule has 4 rings (SSSR count). The van der Waals surface area contributed by atoms with Crippen LogP contribution in [0.3, 0.4) is 0 Å². The number of nitrogens with zero attached hydrogens (tertiary/aromatic N) is 1. The number of nitrogen functional groups attached to an aromatic ring is 1. The third-order valence-corrected chi connectivity index (χ3v) is 4.83.